The Bertz CT molecular complexity index is 764. The largest absolute Gasteiger partial charge is 0.483 e. The first-order chi connectivity index (χ1) is 10.0. The Morgan fingerprint density at radius 3 is 2.71 bits per heavy atom. The van der Waals surface area contributed by atoms with Gasteiger partial charge in [-0.05, 0) is 31.2 Å². The number of H-pyrrole nitrogens is 1. The molecule has 1 aromatic carbocycles. The third-order valence-electron chi connectivity index (χ3n) is 2.90. The van der Waals surface area contributed by atoms with Crippen molar-refractivity contribution in [3.63, 3.8) is 0 Å². The summed E-state index contributed by atoms with van der Waals surface area (Å²) >= 11 is 17.7. The topological polar surface area (TPSA) is 50.8 Å². The van der Waals surface area contributed by atoms with Gasteiger partial charge in [0.1, 0.15) is 16.7 Å². The minimum atomic E-state index is -0.296. The van der Waals surface area contributed by atoms with E-state index in [1.165, 1.54) is 0 Å². The lowest BCUT2D eigenvalue weighted by Gasteiger charge is -2.12. The second-order valence-corrected chi connectivity index (χ2v) is 5.67. The number of hydrogen-bond donors (Lipinski definition) is 1. The third kappa shape index (κ3) is 3.07. The summed E-state index contributed by atoms with van der Waals surface area (Å²) in [5, 5.41) is 1.22. The Labute approximate surface area is 136 Å². The van der Waals surface area contributed by atoms with Crippen molar-refractivity contribution >= 4 is 46.0 Å². The highest BCUT2D eigenvalue weighted by molar-refractivity contribution is 6.41. The summed E-state index contributed by atoms with van der Waals surface area (Å²) in [6, 6.07) is 8.87. The predicted molar refractivity (Wildman–Crippen MR) is 84.4 cm³/mol. The molecule has 2 aromatic heterocycles. The van der Waals surface area contributed by atoms with E-state index >= 15 is 0 Å². The van der Waals surface area contributed by atoms with Crippen LogP contribution >= 0.6 is 34.8 Å². The molecule has 0 fully saturated rings. The fraction of sp³-hybridized carbons (Fsp3) is 0.143. The van der Waals surface area contributed by atoms with Crippen LogP contribution in [0.3, 0.4) is 0 Å². The summed E-state index contributed by atoms with van der Waals surface area (Å²) < 4.78 is 5.80. The van der Waals surface area contributed by atoms with Gasteiger partial charge in [0, 0.05) is 5.02 Å². The normalized spacial score (nSPS) is 12.6. The van der Waals surface area contributed by atoms with Crippen molar-refractivity contribution in [2.75, 3.05) is 0 Å². The molecule has 0 amide bonds. The number of aromatic nitrogens is 3. The molecule has 0 spiro atoms. The van der Waals surface area contributed by atoms with Gasteiger partial charge in [0.2, 0.25) is 0 Å². The molecule has 0 aliphatic heterocycles. The second-order valence-electron chi connectivity index (χ2n) is 4.47. The number of imidazole rings is 1. The summed E-state index contributed by atoms with van der Waals surface area (Å²) in [6.45, 7) is 1.88. The average Bonchev–Trinajstić information content (AvgIpc) is 2.82. The average molecular weight is 343 g/mol. The number of nitrogens with one attached hydrogen (secondary N) is 1. The van der Waals surface area contributed by atoms with Gasteiger partial charge in [0.15, 0.2) is 11.8 Å². The lowest BCUT2D eigenvalue weighted by Crippen LogP contribution is -2.04. The van der Waals surface area contributed by atoms with Crippen LogP contribution < -0.4 is 4.74 Å². The summed E-state index contributed by atoms with van der Waals surface area (Å²) in [4.78, 5) is 11.6. The van der Waals surface area contributed by atoms with Crippen LogP contribution in [-0.4, -0.2) is 15.0 Å². The van der Waals surface area contributed by atoms with Crippen molar-refractivity contribution in [2.24, 2.45) is 0 Å². The Balaban J connectivity index is 1.89. The van der Waals surface area contributed by atoms with Gasteiger partial charge in [0.05, 0.1) is 10.5 Å². The zero-order valence-corrected chi connectivity index (χ0v) is 13.2. The van der Waals surface area contributed by atoms with Gasteiger partial charge in [-0.3, -0.25) is 0 Å². The Morgan fingerprint density at radius 1 is 1.14 bits per heavy atom. The number of benzene rings is 1. The van der Waals surface area contributed by atoms with Crippen LogP contribution in [0.4, 0.5) is 0 Å². The zero-order valence-electron chi connectivity index (χ0n) is 10.9. The number of pyridine rings is 1. The Kier molecular flexibility index (Phi) is 3.93. The SMILES string of the molecule is CC(Oc1cccc(Cl)c1)c1nc2nc(Cl)c(Cl)cc2[nH]1. The van der Waals surface area contributed by atoms with E-state index in [-0.39, 0.29) is 11.3 Å². The molecule has 3 rings (SSSR count). The fourth-order valence-electron chi connectivity index (χ4n) is 1.91. The van der Waals surface area contributed by atoms with Crippen LogP contribution in [0.15, 0.2) is 30.3 Å². The van der Waals surface area contributed by atoms with Crippen molar-refractivity contribution in [3.8, 4) is 5.75 Å². The van der Waals surface area contributed by atoms with Gasteiger partial charge in [-0.25, -0.2) is 9.97 Å². The second kappa shape index (κ2) is 5.72. The number of fused-ring (bicyclic) bond motifs is 1. The molecule has 0 saturated heterocycles. The van der Waals surface area contributed by atoms with E-state index in [0.29, 0.717) is 32.8 Å². The molecule has 0 radical (unpaired) electrons. The quantitative estimate of drug-likeness (QED) is 0.677. The maximum Gasteiger partial charge on any atom is 0.179 e. The van der Waals surface area contributed by atoms with Crippen LogP contribution in [0.5, 0.6) is 5.75 Å². The molecule has 21 heavy (non-hydrogen) atoms. The third-order valence-corrected chi connectivity index (χ3v) is 3.80. The zero-order chi connectivity index (χ0) is 15.0. The van der Waals surface area contributed by atoms with Crippen LogP contribution in [0.1, 0.15) is 18.9 Å². The van der Waals surface area contributed by atoms with Gasteiger partial charge in [-0.15, -0.1) is 0 Å². The van der Waals surface area contributed by atoms with Gasteiger partial charge >= 0.3 is 0 Å². The van der Waals surface area contributed by atoms with Crippen molar-refractivity contribution in [1.29, 1.82) is 0 Å². The van der Waals surface area contributed by atoms with Gasteiger partial charge in [-0.1, -0.05) is 40.9 Å². The first-order valence-corrected chi connectivity index (χ1v) is 7.30. The minimum Gasteiger partial charge on any atom is -0.483 e. The van der Waals surface area contributed by atoms with Gasteiger partial charge in [0.25, 0.3) is 0 Å². The van der Waals surface area contributed by atoms with Gasteiger partial charge < -0.3 is 9.72 Å². The molecule has 1 atom stereocenters. The maximum atomic E-state index is 5.94. The smallest absolute Gasteiger partial charge is 0.179 e. The van der Waals surface area contributed by atoms with E-state index < -0.39 is 0 Å². The molecule has 3 aromatic rings. The highest BCUT2D eigenvalue weighted by Crippen LogP contribution is 2.27. The van der Waals surface area contributed by atoms with Crippen molar-refractivity contribution in [3.05, 3.63) is 51.4 Å². The molecule has 0 aliphatic rings. The van der Waals surface area contributed by atoms with Gasteiger partial charge in [-0.2, -0.15) is 0 Å². The standard InChI is InChI=1S/C14H10Cl3N3O/c1-7(21-9-4-2-3-8(15)5-9)13-18-11-6-10(16)12(17)19-14(11)20-13/h2-7H,1H3,(H,18,19,20). The molecule has 1 N–H and O–H groups in total. The monoisotopic (exact) mass is 341 g/mol. The first kappa shape index (κ1) is 14.4. The molecular weight excluding hydrogens is 333 g/mol. The van der Waals surface area contributed by atoms with Crippen LogP contribution in [0, 0.1) is 0 Å². The van der Waals surface area contributed by atoms with Crippen molar-refractivity contribution in [2.45, 2.75) is 13.0 Å². The predicted octanol–water partition coefficient (Wildman–Crippen LogP) is 5.06. The Morgan fingerprint density at radius 2 is 1.95 bits per heavy atom. The van der Waals surface area contributed by atoms with E-state index in [9.17, 15) is 0 Å². The molecular formula is C14H10Cl3N3O. The number of nitrogens with zero attached hydrogens (tertiary/aromatic N) is 2. The molecule has 2 heterocycles. The lowest BCUT2D eigenvalue weighted by atomic mass is 10.3. The maximum absolute atomic E-state index is 5.94. The number of ether oxygens (including phenoxy) is 1. The van der Waals surface area contributed by atoms with E-state index in [0.717, 1.165) is 0 Å². The van der Waals surface area contributed by atoms with Crippen LogP contribution in [0.2, 0.25) is 15.2 Å². The molecule has 0 saturated carbocycles. The summed E-state index contributed by atoms with van der Waals surface area (Å²) in [6.07, 6.45) is -0.296. The minimum absolute atomic E-state index is 0.227. The van der Waals surface area contributed by atoms with E-state index in [1.54, 1.807) is 18.2 Å². The van der Waals surface area contributed by atoms with Crippen LogP contribution in [-0.2, 0) is 0 Å². The summed E-state index contributed by atoms with van der Waals surface area (Å²) in [5.41, 5.74) is 1.21. The molecule has 0 bridgehead atoms. The highest BCUT2D eigenvalue weighted by atomic mass is 35.5. The summed E-state index contributed by atoms with van der Waals surface area (Å²) in [7, 11) is 0. The molecule has 7 heteroatoms. The fourth-order valence-corrected chi connectivity index (χ4v) is 2.37. The lowest BCUT2D eigenvalue weighted by molar-refractivity contribution is 0.218. The molecule has 4 nitrogen and oxygen atoms in total. The van der Waals surface area contributed by atoms with E-state index in [1.807, 2.05) is 19.1 Å². The number of aromatic amines is 1. The number of rotatable bonds is 3. The first-order valence-electron chi connectivity index (χ1n) is 6.17. The van der Waals surface area contributed by atoms with Crippen LogP contribution in [0.25, 0.3) is 11.2 Å². The van der Waals surface area contributed by atoms with Crippen molar-refractivity contribution in [1.82, 2.24) is 15.0 Å². The summed E-state index contributed by atoms with van der Waals surface area (Å²) in [5.74, 6) is 1.30. The Hall–Kier alpha value is -1.49. The molecule has 1 unspecified atom stereocenters. The molecule has 108 valence electrons. The van der Waals surface area contributed by atoms with E-state index in [2.05, 4.69) is 15.0 Å². The number of halogens is 3. The molecule has 0 aliphatic carbocycles. The highest BCUT2D eigenvalue weighted by Gasteiger charge is 2.14. The van der Waals surface area contributed by atoms with Crippen molar-refractivity contribution < 1.29 is 4.74 Å². The van der Waals surface area contributed by atoms with E-state index in [4.69, 9.17) is 39.5 Å². The number of hydrogen-bond acceptors (Lipinski definition) is 3.